The Morgan fingerprint density at radius 1 is 1.12 bits per heavy atom. The monoisotopic (exact) mass is 483 g/mol. The molecule has 2 N–H and O–H groups in total. The highest BCUT2D eigenvalue weighted by molar-refractivity contribution is 7.99. The number of benzene rings is 1. The van der Waals surface area contributed by atoms with Gasteiger partial charge >= 0.3 is 0 Å². The van der Waals surface area contributed by atoms with Crippen molar-refractivity contribution in [2.45, 2.75) is 29.6 Å². The maximum Gasteiger partial charge on any atom is 0.225 e. The summed E-state index contributed by atoms with van der Waals surface area (Å²) in [6, 6.07) is 8.09. The van der Waals surface area contributed by atoms with Crippen molar-refractivity contribution in [3.8, 4) is 0 Å². The molecule has 1 aliphatic heterocycles. The Hall–Kier alpha value is -3.24. The molecule has 3 aromatic heterocycles. The van der Waals surface area contributed by atoms with Crippen molar-refractivity contribution in [3.63, 3.8) is 0 Å². The standard InChI is InChI=1S/C14H13N3OS.C8H10FN3.C2H7N/c1-9-14(6-11(8-18)17(9)2)19-12-3-4-13-10(5-12)7-15-16-13;9-7-5-10-8(11-6-7)12-3-1-2-4-12;1-3-2/h3-8H,1-2H3,(H,15,16);5-6H,1-4H2;3H,1-2H3. The fourth-order valence-corrected chi connectivity index (χ4v) is 4.45. The lowest BCUT2D eigenvalue weighted by Gasteiger charge is -2.13. The zero-order valence-corrected chi connectivity index (χ0v) is 20.7. The largest absolute Gasteiger partial charge is 0.345 e. The summed E-state index contributed by atoms with van der Waals surface area (Å²) in [4.78, 5) is 23.1. The molecule has 1 fully saturated rings. The molecule has 1 saturated heterocycles. The Bertz CT molecular complexity index is 1200. The van der Waals surface area contributed by atoms with Gasteiger partial charge in [-0.05, 0) is 58.1 Å². The van der Waals surface area contributed by atoms with E-state index in [0.29, 0.717) is 11.6 Å². The van der Waals surface area contributed by atoms with Crippen LogP contribution in [0.2, 0.25) is 0 Å². The molecule has 4 heterocycles. The Morgan fingerprint density at radius 3 is 2.41 bits per heavy atom. The fourth-order valence-electron chi connectivity index (χ4n) is 3.41. The molecule has 0 amide bonds. The van der Waals surface area contributed by atoms with Crippen molar-refractivity contribution in [2.24, 2.45) is 7.05 Å². The third-order valence-corrected chi connectivity index (χ3v) is 6.40. The minimum atomic E-state index is -0.377. The van der Waals surface area contributed by atoms with E-state index >= 15 is 0 Å². The molecule has 10 heteroatoms. The van der Waals surface area contributed by atoms with Gasteiger partial charge in [0.05, 0.1) is 29.8 Å². The molecular weight excluding hydrogens is 453 g/mol. The van der Waals surface area contributed by atoms with Crippen molar-refractivity contribution in [1.82, 2.24) is 30.0 Å². The molecular formula is C24H30FN7OS. The number of aromatic amines is 1. The number of hydrogen-bond donors (Lipinski definition) is 2. The lowest BCUT2D eigenvalue weighted by atomic mass is 10.3. The van der Waals surface area contributed by atoms with Gasteiger partial charge in [-0.1, -0.05) is 11.8 Å². The summed E-state index contributed by atoms with van der Waals surface area (Å²) < 4.78 is 14.3. The average Bonchev–Trinajstić information content (AvgIpc) is 3.58. The first-order valence-corrected chi connectivity index (χ1v) is 11.8. The molecule has 0 saturated carbocycles. The topological polar surface area (TPSA) is 91.7 Å². The van der Waals surface area contributed by atoms with Crippen molar-refractivity contribution in [1.29, 1.82) is 0 Å². The smallest absolute Gasteiger partial charge is 0.225 e. The van der Waals surface area contributed by atoms with Crippen LogP contribution in [0, 0.1) is 12.7 Å². The van der Waals surface area contributed by atoms with E-state index in [9.17, 15) is 9.18 Å². The van der Waals surface area contributed by atoms with Crippen LogP contribution in [0.25, 0.3) is 10.9 Å². The second-order valence-electron chi connectivity index (χ2n) is 7.81. The van der Waals surface area contributed by atoms with E-state index in [4.69, 9.17) is 0 Å². The normalized spacial score (nSPS) is 12.7. The highest BCUT2D eigenvalue weighted by Crippen LogP contribution is 2.33. The summed E-state index contributed by atoms with van der Waals surface area (Å²) in [5, 5.41) is 10.8. The number of anilines is 1. The quantitative estimate of drug-likeness (QED) is 0.420. The predicted molar refractivity (Wildman–Crippen MR) is 134 cm³/mol. The summed E-state index contributed by atoms with van der Waals surface area (Å²) in [5.74, 6) is 0.270. The van der Waals surface area contributed by atoms with E-state index < -0.39 is 0 Å². The Kier molecular flexibility index (Phi) is 9.17. The van der Waals surface area contributed by atoms with Crippen molar-refractivity contribution < 1.29 is 9.18 Å². The van der Waals surface area contributed by atoms with Crippen molar-refractivity contribution in [2.75, 3.05) is 32.1 Å². The van der Waals surface area contributed by atoms with Crippen LogP contribution in [-0.2, 0) is 7.05 Å². The number of H-pyrrole nitrogens is 1. The summed E-state index contributed by atoms with van der Waals surface area (Å²) in [7, 11) is 5.66. The van der Waals surface area contributed by atoms with Gasteiger partial charge in [0.1, 0.15) is 0 Å². The molecule has 0 radical (unpaired) electrons. The van der Waals surface area contributed by atoms with Gasteiger partial charge in [0.2, 0.25) is 5.95 Å². The number of carbonyl (C=O) groups is 1. The lowest BCUT2D eigenvalue weighted by molar-refractivity contribution is 0.111. The van der Waals surface area contributed by atoms with Crippen molar-refractivity contribution in [3.05, 3.63) is 60.1 Å². The molecule has 34 heavy (non-hydrogen) atoms. The molecule has 1 aromatic carbocycles. The van der Waals surface area contributed by atoms with E-state index in [1.165, 1.54) is 25.2 Å². The number of nitrogens with zero attached hydrogens (tertiary/aromatic N) is 5. The highest BCUT2D eigenvalue weighted by atomic mass is 32.2. The zero-order chi connectivity index (χ0) is 24.5. The van der Waals surface area contributed by atoms with Gasteiger partial charge in [-0.2, -0.15) is 5.10 Å². The first-order valence-electron chi connectivity index (χ1n) is 11.0. The number of fused-ring (bicyclic) bond motifs is 1. The number of rotatable bonds is 4. The second-order valence-corrected chi connectivity index (χ2v) is 8.93. The number of nitrogens with one attached hydrogen (secondary N) is 2. The summed E-state index contributed by atoms with van der Waals surface area (Å²) >= 11 is 1.66. The van der Waals surface area contributed by atoms with E-state index in [-0.39, 0.29) is 5.82 Å². The number of hydrogen-bond acceptors (Lipinski definition) is 7. The SMILES string of the molecule is CNC.Cc1c(Sc2ccc3[nH]ncc3c2)cc(C=O)n1C.Fc1cnc(N2CCCC2)nc1. The molecule has 5 rings (SSSR count). The maximum atomic E-state index is 12.4. The van der Waals surface area contributed by atoms with Crippen LogP contribution in [0.15, 0.2) is 52.6 Å². The highest BCUT2D eigenvalue weighted by Gasteiger charge is 2.14. The first-order chi connectivity index (χ1) is 16.5. The Labute approximate surface area is 203 Å². The molecule has 0 atom stereocenters. The molecule has 1 aliphatic rings. The minimum absolute atomic E-state index is 0.377. The molecule has 4 aromatic rings. The average molecular weight is 484 g/mol. The van der Waals surface area contributed by atoms with Crippen LogP contribution >= 0.6 is 11.8 Å². The Balaban J connectivity index is 0.000000185. The molecule has 0 spiro atoms. The molecule has 0 bridgehead atoms. The minimum Gasteiger partial charge on any atom is -0.345 e. The molecule has 0 aliphatic carbocycles. The van der Waals surface area contributed by atoms with E-state index in [1.807, 2.05) is 51.0 Å². The van der Waals surface area contributed by atoms with Gasteiger partial charge in [0, 0.05) is 41.0 Å². The number of halogens is 1. The third-order valence-electron chi connectivity index (χ3n) is 5.28. The summed E-state index contributed by atoms with van der Waals surface area (Å²) in [6.07, 6.45) is 7.48. The van der Waals surface area contributed by atoms with Crippen LogP contribution in [0.5, 0.6) is 0 Å². The van der Waals surface area contributed by atoms with Crippen LogP contribution in [-0.4, -0.2) is 58.2 Å². The first kappa shape index (κ1) is 25.4. The maximum absolute atomic E-state index is 12.4. The lowest BCUT2D eigenvalue weighted by Crippen LogP contribution is -2.20. The second kappa shape index (κ2) is 12.3. The van der Waals surface area contributed by atoms with E-state index in [1.54, 1.807) is 11.8 Å². The third kappa shape index (κ3) is 6.42. The van der Waals surface area contributed by atoms with E-state index in [0.717, 1.165) is 45.8 Å². The van der Waals surface area contributed by atoms with E-state index in [2.05, 4.69) is 42.5 Å². The van der Waals surface area contributed by atoms with Crippen LogP contribution < -0.4 is 10.2 Å². The fraction of sp³-hybridized carbons (Fsp3) is 0.333. The van der Waals surface area contributed by atoms with Gasteiger partial charge in [0.15, 0.2) is 12.1 Å². The van der Waals surface area contributed by atoms with Crippen molar-refractivity contribution >= 4 is 34.9 Å². The number of carbonyl (C=O) groups excluding carboxylic acids is 1. The van der Waals surface area contributed by atoms with Gasteiger partial charge in [-0.15, -0.1) is 0 Å². The summed E-state index contributed by atoms with van der Waals surface area (Å²) in [6.45, 7) is 4.00. The summed E-state index contributed by atoms with van der Waals surface area (Å²) in [5.41, 5.74) is 2.83. The van der Waals surface area contributed by atoms with Crippen LogP contribution in [0.4, 0.5) is 10.3 Å². The predicted octanol–water partition coefficient (Wildman–Crippen LogP) is 4.23. The molecule has 180 valence electrons. The Morgan fingerprint density at radius 2 is 1.79 bits per heavy atom. The molecule has 0 unspecified atom stereocenters. The number of aldehydes is 1. The van der Waals surface area contributed by atoms with Gasteiger partial charge in [-0.25, -0.2) is 14.4 Å². The molecule has 8 nitrogen and oxygen atoms in total. The zero-order valence-electron chi connectivity index (χ0n) is 19.9. The number of aromatic nitrogens is 5. The van der Waals surface area contributed by atoms with Gasteiger partial charge in [0.25, 0.3) is 0 Å². The van der Waals surface area contributed by atoms with Gasteiger partial charge < -0.3 is 14.8 Å². The van der Waals surface area contributed by atoms with Crippen LogP contribution in [0.3, 0.4) is 0 Å². The van der Waals surface area contributed by atoms with Gasteiger partial charge in [-0.3, -0.25) is 9.89 Å². The van der Waals surface area contributed by atoms with Crippen LogP contribution in [0.1, 0.15) is 29.0 Å².